The molecule has 2 aromatic rings. The van der Waals surface area contributed by atoms with Gasteiger partial charge in [-0.1, -0.05) is 18.5 Å². The zero-order valence-corrected chi connectivity index (χ0v) is 11.6. The topological polar surface area (TPSA) is 29.9 Å². The van der Waals surface area contributed by atoms with Gasteiger partial charge >= 0.3 is 0 Å². The molecule has 0 saturated carbocycles. The Morgan fingerprint density at radius 3 is 3.00 bits per heavy atom. The van der Waals surface area contributed by atoms with E-state index in [0.717, 1.165) is 30.8 Å². The van der Waals surface area contributed by atoms with Gasteiger partial charge in [-0.3, -0.25) is 4.68 Å². The molecule has 2 rings (SSSR count). The maximum absolute atomic E-state index is 13.2. The molecule has 1 heterocycles. The Morgan fingerprint density at radius 1 is 1.37 bits per heavy atom. The van der Waals surface area contributed by atoms with Crippen LogP contribution >= 0.6 is 11.6 Å². The lowest BCUT2D eigenvalue weighted by Crippen LogP contribution is -2.17. The van der Waals surface area contributed by atoms with Gasteiger partial charge in [0, 0.05) is 17.8 Å². The highest BCUT2D eigenvalue weighted by Gasteiger charge is 2.07. The average Bonchev–Trinajstić information content (AvgIpc) is 2.82. The summed E-state index contributed by atoms with van der Waals surface area (Å²) in [6.45, 7) is 4.32. The standard InChI is InChI=1S/C14H17ClFN3/c1-2-6-17-9-13-5-7-18-19(13)10-11-8-12(16)3-4-14(11)15/h3-5,7-8,17H,2,6,9-10H2,1H3. The molecule has 5 heteroatoms. The van der Waals surface area contributed by atoms with Gasteiger partial charge in [-0.25, -0.2) is 4.39 Å². The van der Waals surface area contributed by atoms with Crippen molar-refractivity contribution in [1.82, 2.24) is 15.1 Å². The third-order valence-electron chi connectivity index (χ3n) is 2.87. The van der Waals surface area contributed by atoms with Crippen LogP contribution in [0.2, 0.25) is 5.02 Å². The maximum atomic E-state index is 13.2. The number of benzene rings is 1. The van der Waals surface area contributed by atoms with Crippen LogP contribution in [-0.2, 0) is 13.1 Å². The molecule has 0 amide bonds. The normalized spacial score (nSPS) is 10.9. The molecule has 0 bridgehead atoms. The summed E-state index contributed by atoms with van der Waals surface area (Å²) in [4.78, 5) is 0. The maximum Gasteiger partial charge on any atom is 0.123 e. The van der Waals surface area contributed by atoms with Crippen molar-refractivity contribution in [2.24, 2.45) is 0 Å². The summed E-state index contributed by atoms with van der Waals surface area (Å²) >= 11 is 6.07. The first-order valence-electron chi connectivity index (χ1n) is 6.36. The Labute approximate surface area is 117 Å². The molecule has 0 aliphatic carbocycles. The first kappa shape index (κ1) is 14.0. The minimum Gasteiger partial charge on any atom is -0.311 e. The molecule has 0 aliphatic rings. The lowest BCUT2D eigenvalue weighted by molar-refractivity contribution is 0.586. The third kappa shape index (κ3) is 3.78. The van der Waals surface area contributed by atoms with Crippen LogP contribution in [0.25, 0.3) is 0 Å². The molecule has 0 atom stereocenters. The van der Waals surface area contributed by atoms with Gasteiger partial charge in [-0.2, -0.15) is 5.10 Å². The molecule has 102 valence electrons. The fraction of sp³-hybridized carbons (Fsp3) is 0.357. The zero-order chi connectivity index (χ0) is 13.7. The van der Waals surface area contributed by atoms with Crippen molar-refractivity contribution in [3.63, 3.8) is 0 Å². The molecule has 19 heavy (non-hydrogen) atoms. The predicted octanol–water partition coefficient (Wildman–Crippen LogP) is 3.22. The van der Waals surface area contributed by atoms with E-state index in [2.05, 4.69) is 17.3 Å². The highest BCUT2D eigenvalue weighted by molar-refractivity contribution is 6.31. The van der Waals surface area contributed by atoms with Crippen LogP contribution in [0, 0.1) is 5.82 Å². The van der Waals surface area contributed by atoms with Crippen molar-refractivity contribution in [2.45, 2.75) is 26.4 Å². The first-order chi connectivity index (χ1) is 9.20. The third-order valence-corrected chi connectivity index (χ3v) is 3.23. The zero-order valence-electron chi connectivity index (χ0n) is 10.9. The number of halogens is 2. The number of aromatic nitrogens is 2. The second-order valence-corrected chi connectivity index (χ2v) is 4.80. The van der Waals surface area contributed by atoms with Gasteiger partial charge in [-0.15, -0.1) is 0 Å². The summed E-state index contributed by atoms with van der Waals surface area (Å²) in [5.41, 5.74) is 1.80. The van der Waals surface area contributed by atoms with E-state index in [0.29, 0.717) is 11.6 Å². The highest BCUT2D eigenvalue weighted by Crippen LogP contribution is 2.18. The quantitative estimate of drug-likeness (QED) is 0.824. The summed E-state index contributed by atoms with van der Waals surface area (Å²) in [5, 5.41) is 8.14. The second kappa shape index (κ2) is 6.68. The number of hydrogen-bond acceptors (Lipinski definition) is 2. The van der Waals surface area contributed by atoms with Gasteiger partial charge in [0.05, 0.1) is 12.2 Å². The summed E-state index contributed by atoms with van der Waals surface area (Å²) in [7, 11) is 0. The van der Waals surface area contributed by atoms with Crippen LogP contribution in [0.1, 0.15) is 24.6 Å². The van der Waals surface area contributed by atoms with Crippen molar-refractivity contribution in [1.29, 1.82) is 0 Å². The van der Waals surface area contributed by atoms with Gasteiger partial charge in [0.1, 0.15) is 5.82 Å². The van der Waals surface area contributed by atoms with Crippen molar-refractivity contribution in [3.8, 4) is 0 Å². The lowest BCUT2D eigenvalue weighted by Gasteiger charge is -2.10. The summed E-state index contributed by atoms with van der Waals surface area (Å²) in [6.07, 6.45) is 2.83. The molecule has 0 saturated heterocycles. The molecular formula is C14H17ClFN3. The fourth-order valence-electron chi connectivity index (χ4n) is 1.87. The van der Waals surface area contributed by atoms with Gasteiger partial charge in [0.2, 0.25) is 0 Å². The molecule has 0 spiro atoms. The molecule has 0 radical (unpaired) electrons. The second-order valence-electron chi connectivity index (χ2n) is 4.39. The van der Waals surface area contributed by atoms with E-state index in [1.54, 1.807) is 12.3 Å². The predicted molar refractivity (Wildman–Crippen MR) is 74.7 cm³/mol. The monoisotopic (exact) mass is 281 g/mol. The van der Waals surface area contributed by atoms with E-state index in [4.69, 9.17) is 11.6 Å². The van der Waals surface area contributed by atoms with Crippen LogP contribution in [0.4, 0.5) is 4.39 Å². The molecule has 1 N–H and O–H groups in total. The van der Waals surface area contributed by atoms with E-state index in [-0.39, 0.29) is 5.82 Å². The van der Waals surface area contributed by atoms with E-state index >= 15 is 0 Å². The first-order valence-corrected chi connectivity index (χ1v) is 6.74. The Balaban J connectivity index is 2.10. The highest BCUT2D eigenvalue weighted by atomic mass is 35.5. The Hall–Kier alpha value is -1.39. The van der Waals surface area contributed by atoms with Gasteiger partial charge in [-0.05, 0) is 42.8 Å². The summed E-state index contributed by atoms with van der Waals surface area (Å²) < 4.78 is 15.1. The molecule has 0 aliphatic heterocycles. The van der Waals surface area contributed by atoms with Gasteiger partial charge in [0.25, 0.3) is 0 Å². The van der Waals surface area contributed by atoms with Crippen molar-refractivity contribution >= 4 is 11.6 Å². The molecule has 1 aromatic heterocycles. The van der Waals surface area contributed by atoms with Crippen LogP contribution in [0.5, 0.6) is 0 Å². The van der Waals surface area contributed by atoms with Crippen molar-refractivity contribution in [3.05, 3.63) is 52.6 Å². The minimum atomic E-state index is -0.280. The van der Waals surface area contributed by atoms with Crippen LogP contribution in [-0.4, -0.2) is 16.3 Å². The van der Waals surface area contributed by atoms with E-state index in [1.807, 2.05) is 10.7 Å². The SMILES string of the molecule is CCCNCc1ccnn1Cc1cc(F)ccc1Cl. The largest absolute Gasteiger partial charge is 0.311 e. The van der Waals surface area contributed by atoms with Gasteiger partial charge < -0.3 is 5.32 Å². The number of nitrogens with one attached hydrogen (secondary N) is 1. The van der Waals surface area contributed by atoms with E-state index in [1.165, 1.54) is 12.1 Å². The summed E-state index contributed by atoms with van der Waals surface area (Å²) in [6, 6.07) is 6.34. The van der Waals surface area contributed by atoms with Crippen LogP contribution < -0.4 is 5.32 Å². The average molecular weight is 282 g/mol. The molecule has 0 unspecified atom stereocenters. The number of hydrogen-bond donors (Lipinski definition) is 1. The molecular weight excluding hydrogens is 265 g/mol. The number of rotatable bonds is 6. The Bertz CT molecular complexity index is 539. The van der Waals surface area contributed by atoms with Crippen molar-refractivity contribution in [2.75, 3.05) is 6.54 Å². The van der Waals surface area contributed by atoms with E-state index < -0.39 is 0 Å². The molecule has 3 nitrogen and oxygen atoms in total. The fourth-order valence-corrected chi connectivity index (χ4v) is 2.05. The van der Waals surface area contributed by atoms with Crippen LogP contribution in [0.15, 0.2) is 30.5 Å². The Morgan fingerprint density at radius 2 is 2.21 bits per heavy atom. The number of nitrogens with zero attached hydrogens (tertiary/aromatic N) is 2. The molecule has 1 aromatic carbocycles. The minimum absolute atomic E-state index is 0.280. The van der Waals surface area contributed by atoms with Crippen molar-refractivity contribution < 1.29 is 4.39 Å². The van der Waals surface area contributed by atoms with Crippen LogP contribution in [0.3, 0.4) is 0 Å². The molecule has 0 fully saturated rings. The summed E-state index contributed by atoms with van der Waals surface area (Å²) in [5.74, 6) is -0.280. The Kier molecular flexibility index (Phi) is 4.93. The smallest absolute Gasteiger partial charge is 0.123 e. The van der Waals surface area contributed by atoms with E-state index in [9.17, 15) is 4.39 Å². The lowest BCUT2D eigenvalue weighted by atomic mass is 10.2. The van der Waals surface area contributed by atoms with Gasteiger partial charge in [0.15, 0.2) is 0 Å².